The first kappa shape index (κ1) is 29.9. The lowest BCUT2D eigenvalue weighted by Gasteiger charge is -2.26. The van der Waals surface area contributed by atoms with Crippen molar-refractivity contribution in [2.45, 2.75) is 95.8 Å². The van der Waals surface area contributed by atoms with Gasteiger partial charge in [-0.2, -0.15) is 0 Å². The number of phenolic OH excluding ortho intramolecular Hbond substituents is 1. The lowest BCUT2D eigenvalue weighted by Crippen LogP contribution is -2.41. The summed E-state index contributed by atoms with van der Waals surface area (Å²) in [6, 6.07) is 5.50. The number of benzene rings is 1. The SMILES string of the molecule is C#CCNC(=O)[C@H](O)CCCCC[C@@H](CCCCCC)OC(=O)[C@@H]1CC=CN1C(=O)c1ccccc1O. The average Bonchev–Trinajstić information content (AvgIpc) is 3.39. The molecule has 0 aromatic heterocycles. The second-order valence-corrected chi connectivity index (χ2v) is 9.35. The number of carbonyl (C=O) groups excluding carboxylic acids is 3. The Morgan fingerprint density at radius 3 is 2.46 bits per heavy atom. The zero-order chi connectivity index (χ0) is 27.0. The van der Waals surface area contributed by atoms with Gasteiger partial charge >= 0.3 is 5.97 Å². The molecule has 0 aliphatic carbocycles. The van der Waals surface area contributed by atoms with Crippen molar-refractivity contribution in [3.63, 3.8) is 0 Å². The van der Waals surface area contributed by atoms with Crippen LogP contribution in [0.5, 0.6) is 5.75 Å². The second-order valence-electron chi connectivity index (χ2n) is 9.35. The molecule has 0 saturated heterocycles. The predicted molar refractivity (Wildman–Crippen MR) is 141 cm³/mol. The quantitative estimate of drug-likeness (QED) is 0.175. The number of unbranched alkanes of at least 4 members (excludes halogenated alkanes) is 5. The van der Waals surface area contributed by atoms with Crippen molar-refractivity contribution in [3.05, 3.63) is 42.1 Å². The van der Waals surface area contributed by atoms with Gasteiger partial charge in [-0.1, -0.05) is 63.2 Å². The van der Waals surface area contributed by atoms with Gasteiger partial charge in [-0.25, -0.2) is 4.79 Å². The standard InChI is InChI=1S/C29H40N2O6/c1-3-5-6-8-14-22(15-9-7-10-19-26(33)27(34)30-20-4-2)37-29(36)24-17-13-21-31(24)28(35)23-16-11-12-18-25(23)32/h2,11-13,16,18,21-22,24,26,32-33H,3,5-10,14-15,17,19-20H2,1H3,(H,30,34)/t22-,24+,26-/m1/s1. The second kappa shape index (κ2) is 16.4. The van der Waals surface area contributed by atoms with Crippen LogP contribution in [0.15, 0.2) is 36.5 Å². The van der Waals surface area contributed by atoms with Crippen LogP contribution in [0.25, 0.3) is 0 Å². The van der Waals surface area contributed by atoms with Crippen molar-refractivity contribution in [2.75, 3.05) is 6.54 Å². The topological polar surface area (TPSA) is 116 Å². The number of hydrogen-bond donors (Lipinski definition) is 3. The smallest absolute Gasteiger partial charge is 0.329 e. The van der Waals surface area contributed by atoms with Crippen molar-refractivity contribution < 1.29 is 29.3 Å². The highest BCUT2D eigenvalue weighted by molar-refractivity contribution is 6.00. The number of hydrogen-bond acceptors (Lipinski definition) is 6. The molecule has 0 radical (unpaired) electrons. The molecule has 3 N–H and O–H groups in total. The van der Waals surface area contributed by atoms with E-state index >= 15 is 0 Å². The Labute approximate surface area is 220 Å². The Hall–Kier alpha value is -3.31. The van der Waals surface area contributed by atoms with Gasteiger partial charge in [0.25, 0.3) is 5.91 Å². The number of nitrogens with zero attached hydrogens (tertiary/aromatic N) is 1. The van der Waals surface area contributed by atoms with E-state index in [1.54, 1.807) is 24.4 Å². The first-order valence-corrected chi connectivity index (χ1v) is 13.3. The minimum Gasteiger partial charge on any atom is -0.507 e. The molecule has 8 nitrogen and oxygen atoms in total. The van der Waals surface area contributed by atoms with Crippen molar-refractivity contribution >= 4 is 17.8 Å². The summed E-state index contributed by atoms with van der Waals surface area (Å²) in [4.78, 5) is 39.1. The molecule has 0 unspecified atom stereocenters. The molecule has 2 amide bonds. The zero-order valence-electron chi connectivity index (χ0n) is 21.7. The van der Waals surface area contributed by atoms with Crippen LogP contribution in [-0.4, -0.2) is 57.7 Å². The number of esters is 1. The number of rotatable bonds is 16. The van der Waals surface area contributed by atoms with Crippen LogP contribution in [0.3, 0.4) is 0 Å². The third kappa shape index (κ3) is 9.93. The summed E-state index contributed by atoms with van der Waals surface area (Å²) in [6.45, 7) is 2.23. The maximum atomic E-state index is 13.1. The number of aromatic hydroxyl groups is 1. The van der Waals surface area contributed by atoms with E-state index in [1.165, 1.54) is 17.0 Å². The lowest BCUT2D eigenvalue weighted by atomic mass is 10.0. The summed E-state index contributed by atoms with van der Waals surface area (Å²) in [6.07, 6.45) is 15.7. The Kier molecular flexibility index (Phi) is 13.3. The van der Waals surface area contributed by atoms with Crippen molar-refractivity contribution in [3.8, 4) is 18.1 Å². The fraction of sp³-hybridized carbons (Fsp3) is 0.552. The number of amides is 2. The summed E-state index contributed by atoms with van der Waals surface area (Å²) in [5.74, 6) is 0.809. The van der Waals surface area contributed by atoms with E-state index in [1.807, 2.05) is 0 Å². The summed E-state index contributed by atoms with van der Waals surface area (Å²) in [5, 5.41) is 22.5. The number of nitrogens with one attached hydrogen (secondary N) is 1. The normalized spacial score (nSPS) is 16.1. The van der Waals surface area contributed by atoms with Crippen molar-refractivity contribution in [1.29, 1.82) is 0 Å². The first-order valence-electron chi connectivity index (χ1n) is 13.3. The summed E-state index contributed by atoms with van der Waals surface area (Å²) < 4.78 is 5.90. The van der Waals surface area contributed by atoms with Crippen LogP contribution in [0.2, 0.25) is 0 Å². The fourth-order valence-corrected chi connectivity index (χ4v) is 4.31. The molecule has 0 fully saturated rings. The van der Waals surface area contributed by atoms with E-state index in [0.717, 1.165) is 44.9 Å². The molecular weight excluding hydrogens is 472 g/mol. The van der Waals surface area contributed by atoms with E-state index < -0.39 is 29.9 Å². The molecule has 37 heavy (non-hydrogen) atoms. The van der Waals surface area contributed by atoms with Crippen LogP contribution in [0.1, 0.15) is 87.9 Å². The predicted octanol–water partition coefficient (Wildman–Crippen LogP) is 4.06. The molecular formula is C29H40N2O6. The van der Waals surface area contributed by atoms with Crippen LogP contribution in [0, 0.1) is 12.3 Å². The summed E-state index contributed by atoms with van der Waals surface area (Å²) in [7, 11) is 0. The van der Waals surface area contributed by atoms with Gasteiger partial charge in [-0.15, -0.1) is 6.42 Å². The van der Waals surface area contributed by atoms with Crippen LogP contribution in [0.4, 0.5) is 0 Å². The molecule has 0 spiro atoms. The molecule has 1 aliphatic rings. The van der Waals surface area contributed by atoms with Gasteiger partial charge < -0.3 is 25.2 Å². The Morgan fingerprint density at radius 1 is 1.11 bits per heavy atom. The molecule has 1 heterocycles. The van der Waals surface area contributed by atoms with Crippen LogP contribution >= 0.6 is 0 Å². The van der Waals surface area contributed by atoms with Gasteiger partial charge in [0.05, 0.1) is 12.1 Å². The van der Waals surface area contributed by atoms with Crippen LogP contribution in [-0.2, 0) is 14.3 Å². The number of carbonyl (C=O) groups is 3. The highest BCUT2D eigenvalue weighted by Crippen LogP contribution is 2.25. The number of para-hydroxylation sites is 1. The van der Waals surface area contributed by atoms with Crippen LogP contribution < -0.4 is 5.32 Å². The number of terminal acetylenes is 1. The molecule has 1 aliphatic heterocycles. The molecule has 0 bridgehead atoms. The number of phenols is 1. The molecule has 1 aromatic carbocycles. The van der Waals surface area contributed by atoms with E-state index in [0.29, 0.717) is 25.7 Å². The number of aliphatic hydroxyl groups excluding tert-OH is 1. The largest absolute Gasteiger partial charge is 0.507 e. The van der Waals surface area contributed by atoms with Gasteiger partial charge in [-0.05, 0) is 50.7 Å². The Bertz CT molecular complexity index is 954. The van der Waals surface area contributed by atoms with Gasteiger partial charge in [0, 0.05) is 6.20 Å². The van der Waals surface area contributed by atoms with Gasteiger partial charge in [0.1, 0.15) is 24.0 Å². The highest BCUT2D eigenvalue weighted by atomic mass is 16.5. The van der Waals surface area contributed by atoms with E-state index in [2.05, 4.69) is 18.2 Å². The highest BCUT2D eigenvalue weighted by Gasteiger charge is 2.34. The monoisotopic (exact) mass is 512 g/mol. The Morgan fingerprint density at radius 2 is 1.78 bits per heavy atom. The van der Waals surface area contributed by atoms with Crippen molar-refractivity contribution in [2.24, 2.45) is 0 Å². The van der Waals surface area contributed by atoms with Gasteiger partial charge in [-0.3, -0.25) is 9.59 Å². The van der Waals surface area contributed by atoms with E-state index in [4.69, 9.17) is 11.2 Å². The number of ether oxygens (including phenoxy) is 1. The minimum absolute atomic E-state index is 0.0903. The Balaban J connectivity index is 1.89. The molecule has 1 aromatic rings. The third-order valence-electron chi connectivity index (χ3n) is 6.44. The van der Waals surface area contributed by atoms with E-state index in [-0.39, 0.29) is 24.0 Å². The first-order chi connectivity index (χ1) is 17.9. The molecule has 8 heteroatoms. The summed E-state index contributed by atoms with van der Waals surface area (Å²) >= 11 is 0. The third-order valence-corrected chi connectivity index (χ3v) is 6.44. The lowest BCUT2D eigenvalue weighted by molar-refractivity contribution is -0.154. The summed E-state index contributed by atoms with van der Waals surface area (Å²) in [5.41, 5.74) is 0.137. The maximum absolute atomic E-state index is 13.1. The average molecular weight is 513 g/mol. The minimum atomic E-state index is -1.08. The molecule has 3 atom stereocenters. The molecule has 2 rings (SSSR count). The number of aliphatic hydroxyl groups is 1. The van der Waals surface area contributed by atoms with Gasteiger partial charge in [0.15, 0.2) is 0 Å². The fourth-order valence-electron chi connectivity index (χ4n) is 4.31. The zero-order valence-corrected chi connectivity index (χ0v) is 21.7. The van der Waals surface area contributed by atoms with Crippen molar-refractivity contribution in [1.82, 2.24) is 10.2 Å². The molecule has 202 valence electrons. The van der Waals surface area contributed by atoms with E-state index in [9.17, 15) is 24.6 Å². The molecule has 0 saturated carbocycles. The maximum Gasteiger partial charge on any atom is 0.329 e. The van der Waals surface area contributed by atoms with Gasteiger partial charge in [0.2, 0.25) is 5.91 Å².